The van der Waals surface area contributed by atoms with Gasteiger partial charge in [0.2, 0.25) is 5.91 Å². The summed E-state index contributed by atoms with van der Waals surface area (Å²) in [6, 6.07) is 9.54. The van der Waals surface area contributed by atoms with Gasteiger partial charge in [0.1, 0.15) is 11.5 Å². The van der Waals surface area contributed by atoms with Gasteiger partial charge in [-0.05, 0) is 43.2 Å². The van der Waals surface area contributed by atoms with Crippen molar-refractivity contribution >= 4 is 32.6 Å². The van der Waals surface area contributed by atoms with E-state index >= 15 is 0 Å². The first-order valence-corrected chi connectivity index (χ1v) is 9.84. The molecule has 0 radical (unpaired) electrons. The molecule has 6 heteroatoms. The van der Waals surface area contributed by atoms with Crippen molar-refractivity contribution in [3.05, 3.63) is 42.4 Å². The van der Waals surface area contributed by atoms with Crippen LogP contribution in [0.1, 0.15) is 37.9 Å². The van der Waals surface area contributed by atoms with Crippen LogP contribution in [0.2, 0.25) is 0 Å². The molecular formula is C20H22N2O3S. The fourth-order valence-electron chi connectivity index (χ4n) is 3.50. The van der Waals surface area contributed by atoms with Crippen molar-refractivity contribution < 1.29 is 13.9 Å². The van der Waals surface area contributed by atoms with Crippen molar-refractivity contribution in [1.82, 2.24) is 4.98 Å². The van der Waals surface area contributed by atoms with Gasteiger partial charge in [-0.25, -0.2) is 4.98 Å². The Labute approximate surface area is 156 Å². The van der Waals surface area contributed by atoms with E-state index in [0.717, 1.165) is 52.5 Å². The maximum absolute atomic E-state index is 13.3. The van der Waals surface area contributed by atoms with Gasteiger partial charge in [0.05, 0.1) is 30.1 Å². The van der Waals surface area contributed by atoms with Gasteiger partial charge in [-0.2, -0.15) is 0 Å². The Kier molecular flexibility index (Phi) is 4.93. The first kappa shape index (κ1) is 17.1. The molecule has 136 valence electrons. The number of rotatable bonds is 5. The average Bonchev–Trinajstić information content (AvgIpc) is 3.34. The van der Waals surface area contributed by atoms with E-state index in [1.165, 1.54) is 17.8 Å². The first-order chi connectivity index (χ1) is 12.7. The second kappa shape index (κ2) is 7.50. The Bertz CT molecular complexity index is 882. The summed E-state index contributed by atoms with van der Waals surface area (Å²) < 4.78 is 11.8. The molecule has 0 spiro atoms. The number of hydrogen-bond acceptors (Lipinski definition) is 5. The molecule has 1 saturated carbocycles. The molecule has 5 nitrogen and oxygen atoms in total. The fraction of sp³-hybridized carbons (Fsp3) is 0.400. The van der Waals surface area contributed by atoms with Crippen LogP contribution in [0, 0.1) is 5.92 Å². The third-order valence-corrected chi connectivity index (χ3v) is 5.97. The van der Waals surface area contributed by atoms with Gasteiger partial charge in [-0.15, -0.1) is 0 Å². The quantitative estimate of drug-likeness (QED) is 0.633. The number of nitrogens with zero attached hydrogens (tertiary/aromatic N) is 2. The van der Waals surface area contributed by atoms with Crippen LogP contribution in [-0.4, -0.2) is 18.0 Å². The third-order valence-electron chi connectivity index (χ3n) is 4.93. The minimum Gasteiger partial charge on any atom is -0.497 e. The van der Waals surface area contributed by atoms with Crippen LogP contribution in [0.5, 0.6) is 5.75 Å². The summed E-state index contributed by atoms with van der Waals surface area (Å²) in [5.74, 6) is 1.81. The van der Waals surface area contributed by atoms with E-state index in [4.69, 9.17) is 14.1 Å². The molecule has 1 aliphatic carbocycles. The fourth-order valence-corrected chi connectivity index (χ4v) is 4.50. The molecule has 1 aromatic carbocycles. The molecule has 1 aliphatic rings. The van der Waals surface area contributed by atoms with Crippen molar-refractivity contribution in [2.24, 2.45) is 5.92 Å². The molecule has 0 aliphatic heterocycles. The summed E-state index contributed by atoms with van der Waals surface area (Å²) in [6.07, 6.45) is 7.05. The van der Waals surface area contributed by atoms with Crippen LogP contribution in [0.15, 0.2) is 41.0 Å². The van der Waals surface area contributed by atoms with Gasteiger partial charge in [0, 0.05) is 5.92 Å². The number of furan rings is 1. The van der Waals surface area contributed by atoms with Crippen molar-refractivity contribution in [2.75, 3.05) is 12.0 Å². The average molecular weight is 370 g/mol. The number of benzene rings is 1. The zero-order valence-corrected chi connectivity index (χ0v) is 15.6. The Morgan fingerprint density at radius 3 is 2.88 bits per heavy atom. The maximum atomic E-state index is 13.3. The summed E-state index contributed by atoms with van der Waals surface area (Å²) in [4.78, 5) is 19.8. The van der Waals surface area contributed by atoms with Crippen LogP contribution >= 0.6 is 11.3 Å². The standard InChI is InChI=1S/C20H22N2O3S/c1-24-15-9-10-17-18(12-15)26-20(21-17)22(13-16-8-5-11-25-16)19(23)14-6-3-2-4-7-14/h5,8-12,14H,2-4,6-7,13H2,1H3. The van der Waals surface area contributed by atoms with Gasteiger partial charge < -0.3 is 9.15 Å². The lowest BCUT2D eigenvalue weighted by molar-refractivity contribution is -0.123. The van der Waals surface area contributed by atoms with Gasteiger partial charge in [0.25, 0.3) is 0 Å². The van der Waals surface area contributed by atoms with Crippen molar-refractivity contribution in [3.8, 4) is 5.75 Å². The van der Waals surface area contributed by atoms with Crippen LogP contribution in [-0.2, 0) is 11.3 Å². The van der Waals surface area contributed by atoms with Crippen LogP contribution in [0.25, 0.3) is 10.2 Å². The highest BCUT2D eigenvalue weighted by atomic mass is 32.1. The van der Waals surface area contributed by atoms with E-state index in [-0.39, 0.29) is 11.8 Å². The van der Waals surface area contributed by atoms with E-state index in [1.807, 2.05) is 30.3 Å². The lowest BCUT2D eigenvalue weighted by atomic mass is 9.88. The number of amides is 1. The predicted molar refractivity (Wildman–Crippen MR) is 103 cm³/mol. The molecular weight excluding hydrogens is 348 g/mol. The van der Waals surface area contributed by atoms with Crippen molar-refractivity contribution in [2.45, 2.75) is 38.6 Å². The minimum absolute atomic E-state index is 0.0836. The van der Waals surface area contributed by atoms with Crippen molar-refractivity contribution in [3.63, 3.8) is 0 Å². The zero-order chi connectivity index (χ0) is 17.9. The van der Waals surface area contributed by atoms with Crippen LogP contribution < -0.4 is 9.64 Å². The first-order valence-electron chi connectivity index (χ1n) is 9.03. The zero-order valence-electron chi connectivity index (χ0n) is 14.8. The Hall–Kier alpha value is -2.34. The monoisotopic (exact) mass is 370 g/mol. The molecule has 0 N–H and O–H groups in total. The summed E-state index contributed by atoms with van der Waals surface area (Å²) in [5, 5.41) is 0.722. The summed E-state index contributed by atoms with van der Waals surface area (Å²) in [7, 11) is 1.65. The third kappa shape index (κ3) is 3.46. The summed E-state index contributed by atoms with van der Waals surface area (Å²) >= 11 is 1.52. The molecule has 0 saturated heterocycles. The lowest BCUT2D eigenvalue weighted by Gasteiger charge is -2.27. The van der Waals surface area contributed by atoms with E-state index in [1.54, 1.807) is 18.3 Å². The second-order valence-corrected chi connectivity index (χ2v) is 7.68. The predicted octanol–water partition coefficient (Wildman–Crippen LogP) is 5.01. The molecule has 1 amide bonds. The molecule has 26 heavy (non-hydrogen) atoms. The number of thiazole rings is 1. The molecule has 2 aromatic heterocycles. The minimum atomic E-state index is 0.0836. The number of carbonyl (C=O) groups excluding carboxylic acids is 1. The highest BCUT2D eigenvalue weighted by Gasteiger charge is 2.29. The van der Waals surface area contributed by atoms with E-state index in [9.17, 15) is 4.79 Å². The smallest absolute Gasteiger partial charge is 0.232 e. The Morgan fingerprint density at radius 1 is 1.31 bits per heavy atom. The number of carbonyl (C=O) groups is 1. The number of ether oxygens (including phenoxy) is 1. The van der Waals surface area contributed by atoms with E-state index in [2.05, 4.69) is 0 Å². The van der Waals surface area contributed by atoms with Crippen LogP contribution in [0.4, 0.5) is 5.13 Å². The number of methoxy groups -OCH3 is 1. The molecule has 1 fully saturated rings. The topological polar surface area (TPSA) is 55.6 Å². The normalized spacial score (nSPS) is 15.3. The number of fused-ring (bicyclic) bond motifs is 1. The number of hydrogen-bond donors (Lipinski definition) is 0. The largest absolute Gasteiger partial charge is 0.497 e. The highest BCUT2D eigenvalue weighted by molar-refractivity contribution is 7.22. The van der Waals surface area contributed by atoms with Gasteiger partial charge >= 0.3 is 0 Å². The van der Waals surface area contributed by atoms with Gasteiger partial charge in [-0.3, -0.25) is 9.69 Å². The second-order valence-electron chi connectivity index (χ2n) is 6.67. The summed E-state index contributed by atoms with van der Waals surface area (Å²) in [6.45, 7) is 0.416. The molecule has 3 aromatic rings. The Balaban J connectivity index is 1.68. The van der Waals surface area contributed by atoms with Gasteiger partial charge in [0.15, 0.2) is 5.13 Å². The SMILES string of the molecule is COc1ccc2nc(N(Cc3ccco3)C(=O)C3CCCCC3)sc2c1. The number of anilines is 1. The van der Waals surface area contributed by atoms with Crippen LogP contribution in [0.3, 0.4) is 0 Å². The molecule has 0 atom stereocenters. The highest BCUT2D eigenvalue weighted by Crippen LogP contribution is 2.34. The molecule has 0 unspecified atom stereocenters. The van der Waals surface area contributed by atoms with E-state index < -0.39 is 0 Å². The van der Waals surface area contributed by atoms with E-state index in [0.29, 0.717) is 6.54 Å². The molecule has 2 heterocycles. The lowest BCUT2D eigenvalue weighted by Crippen LogP contribution is -2.36. The Morgan fingerprint density at radius 2 is 2.15 bits per heavy atom. The maximum Gasteiger partial charge on any atom is 0.232 e. The molecule has 4 rings (SSSR count). The molecule has 0 bridgehead atoms. The summed E-state index contributed by atoms with van der Waals surface area (Å²) in [5.41, 5.74) is 0.881. The number of aromatic nitrogens is 1. The van der Waals surface area contributed by atoms with Gasteiger partial charge in [-0.1, -0.05) is 30.6 Å². The van der Waals surface area contributed by atoms with Crippen molar-refractivity contribution in [1.29, 1.82) is 0 Å².